The van der Waals surface area contributed by atoms with Crippen molar-refractivity contribution in [1.29, 1.82) is 0 Å². The fourth-order valence-electron chi connectivity index (χ4n) is 3.10. The molecule has 0 spiro atoms. The lowest BCUT2D eigenvalue weighted by Gasteiger charge is -2.33. The first-order chi connectivity index (χ1) is 11.2. The van der Waals surface area contributed by atoms with Gasteiger partial charge in [0, 0.05) is 23.3 Å². The molecule has 1 aromatic carbocycles. The number of ether oxygens (including phenoxy) is 1. The van der Waals surface area contributed by atoms with Gasteiger partial charge in [0.1, 0.15) is 5.60 Å². The van der Waals surface area contributed by atoms with Crippen molar-refractivity contribution in [2.24, 2.45) is 5.92 Å². The van der Waals surface area contributed by atoms with E-state index in [9.17, 15) is 4.79 Å². The van der Waals surface area contributed by atoms with Gasteiger partial charge >= 0.3 is 6.09 Å². The molecule has 0 bridgehead atoms. The van der Waals surface area contributed by atoms with Crippen molar-refractivity contribution < 1.29 is 9.53 Å². The second kappa shape index (κ2) is 6.00. The molecule has 0 fully saturated rings. The first-order valence-electron chi connectivity index (χ1n) is 8.53. The van der Waals surface area contributed by atoms with Gasteiger partial charge in [0.25, 0.3) is 0 Å². The van der Waals surface area contributed by atoms with E-state index in [1.54, 1.807) is 4.90 Å². The Morgan fingerprint density at radius 1 is 1.29 bits per heavy atom. The van der Waals surface area contributed by atoms with E-state index < -0.39 is 5.60 Å². The highest BCUT2D eigenvalue weighted by Crippen LogP contribution is 2.31. The smallest absolute Gasteiger partial charge is 0.414 e. The Balaban J connectivity index is 1.96. The molecule has 1 aliphatic rings. The summed E-state index contributed by atoms with van der Waals surface area (Å²) in [5.41, 5.74) is 3.72. The SMILES string of the molecule is Cc1cc2ccc(C3=CC[C@H](C)CN3C(=O)OC(C)(C)C)cc2[nH]1. The van der Waals surface area contributed by atoms with Crippen molar-refractivity contribution >= 4 is 22.7 Å². The summed E-state index contributed by atoms with van der Waals surface area (Å²) in [7, 11) is 0. The fraction of sp³-hybridized carbons (Fsp3) is 0.450. The van der Waals surface area contributed by atoms with E-state index in [1.807, 2.05) is 27.7 Å². The summed E-state index contributed by atoms with van der Waals surface area (Å²) in [4.78, 5) is 17.8. The van der Waals surface area contributed by atoms with Crippen LogP contribution < -0.4 is 0 Å². The summed E-state index contributed by atoms with van der Waals surface area (Å²) >= 11 is 0. The standard InChI is InChI=1S/C20H26N2O2/c1-13-6-9-18(22(12-13)19(23)24-20(3,4)5)16-8-7-15-10-14(2)21-17(15)11-16/h7-11,13,21H,6,12H2,1-5H3/t13-/m0/s1. The van der Waals surface area contributed by atoms with Crippen LogP contribution in [0.15, 0.2) is 30.3 Å². The Morgan fingerprint density at radius 3 is 2.75 bits per heavy atom. The number of amides is 1. The van der Waals surface area contributed by atoms with Crippen molar-refractivity contribution in [2.75, 3.05) is 6.54 Å². The first kappa shape index (κ1) is 16.6. The number of nitrogens with one attached hydrogen (secondary N) is 1. The number of aromatic amines is 1. The summed E-state index contributed by atoms with van der Waals surface area (Å²) in [5.74, 6) is 0.428. The molecule has 1 aliphatic heterocycles. The van der Waals surface area contributed by atoms with Crippen LogP contribution in [-0.4, -0.2) is 28.1 Å². The lowest BCUT2D eigenvalue weighted by Crippen LogP contribution is -2.39. The van der Waals surface area contributed by atoms with E-state index in [1.165, 1.54) is 5.39 Å². The monoisotopic (exact) mass is 326 g/mol. The van der Waals surface area contributed by atoms with Gasteiger partial charge in [-0.1, -0.05) is 25.1 Å². The van der Waals surface area contributed by atoms with Gasteiger partial charge in [-0.15, -0.1) is 0 Å². The molecule has 4 heteroatoms. The van der Waals surface area contributed by atoms with Crippen LogP contribution in [0.25, 0.3) is 16.6 Å². The Labute approximate surface area is 143 Å². The molecule has 2 heterocycles. The van der Waals surface area contributed by atoms with Gasteiger partial charge in [0.2, 0.25) is 0 Å². The average Bonchev–Trinajstić information content (AvgIpc) is 2.84. The number of nitrogens with zero attached hydrogens (tertiary/aromatic N) is 1. The number of carbonyl (C=O) groups excluding carboxylic acids is 1. The predicted octanol–water partition coefficient (Wildman–Crippen LogP) is 5.09. The minimum absolute atomic E-state index is 0.275. The zero-order chi connectivity index (χ0) is 17.5. The molecule has 0 unspecified atom stereocenters. The number of allylic oxidation sites excluding steroid dienone is 1. The van der Waals surface area contributed by atoms with E-state index in [2.05, 4.69) is 42.2 Å². The first-order valence-corrected chi connectivity index (χ1v) is 8.53. The summed E-state index contributed by atoms with van der Waals surface area (Å²) in [5, 5.41) is 1.19. The summed E-state index contributed by atoms with van der Waals surface area (Å²) in [6.07, 6.45) is 2.84. The molecule has 2 aromatic rings. The number of rotatable bonds is 1. The summed E-state index contributed by atoms with van der Waals surface area (Å²) < 4.78 is 5.61. The van der Waals surface area contributed by atoms with Crippen molar-refractivity contribution in [3.05, 3.63) is 41.6 Å². The third-order valence-corrected chi connectivity index (χ3v) is 4.17. The molecule has 128 valence electrons. The van der Waals surface area contributed by atoms with Gasteiger partial charge in [-0.3, -0.25) is 4.90 Å². The van der Waals surface area contributed by atoms with Crippen LogP contribution >= 0.6 is 0 Å². The van der Waals surface area contributed by atoms with Crippen molar-refractivity contribution in [3.63, 3.8) is 0 Å². The van der Waals surface area contributed by atoms with Crippen molar-refractivity contribution in [2.45, 2.75) is 46.6 Å². The molecule has 0 radical (unpaired) electrons. The fourth-order valence-corrected chi connectivity index (χ4v) is 3.10. The van der Waals surface area contributed by atoms with Crippen LogP contribution in [0.3, 0.4) is 0 Å². The molecule has 1 aromatic heterocycles. The van der Waals surface area contributed by atoms with Crippen LogP contribution in [-0.2, 0) is 4.74 Å². The molecule has 3 rings (SSSR count). The van der Waals surface area contributed by atoms with Gasteiger partial charge in [0.15, 0.2) is 0 Å². The second-order valence-corrected chi connectivity index (χ2v) is 7.78. The number of H-pyrrole nitrogens is 1. The van der Waals surface area contributed by atoms with Crippen LogP contribution in [0.2, 0.25) is 0 Å². The zero-order valence-electron chi connectivity index (χ0n) is 15.1. The molecule has 24 heavy (non-hydrogen) atoms. The minimum Gasteiger partial charge on any atom is -0.443 e. The lowest BCUT2D eigenvalue weighted by atomic mass is 9.98. The maximum absolute atomic E-state index is 12.7. The molecular formula is C20H26N2O2. The highest BCUT2D eigenvalue weighted by Gasteiger charge is 2.29. The van der Waals surface area contributed by atoms with Crippen molar-refractivity contribution in [1.82, 2.24) is 9.88 Å². The number of aryl methyl sites for hydroxylation is 1. The summed E-state index contributed by atoms with van der Waals surface area (Å²) in [6.45, 7) is 10.6. The number of aromatic nitrogens is 1. The molecule has 4 nitrogen and oxygen atoms in total. The third-order valence-electron chi connectivity index (χ3n) is 4.17. The topological polar surface area (TPSA) is 45.3 Å². The van der Waals surface area contributed by atoms with E-state index in [-0.39, 0.29) is 6.09 Å². The Hall–Kier alpha value is -2.23. The lowest BCUT2D eigenvalue weighted by molar-refractivity contribution is 0.0327. The normalized spacial score (nSPS) is 18.6. The van der Waals surface area contributed by atoms with E-state index in [0.717, 1.165) is 28.9 Å². The van der Waals surface area contributed by atoms with E-state index in [0.29, 0.717) is 12.5 Å². The Bertz CT molecular complexity index is 796. The van der Waals surface area contributed by atoms with Gasteiger partial charge in [-0.25, -0.2) is 4.79 Å². The van der Waals surface area contributed by atoms with Gasteiger partial charge in [-0.05, 0) is 57.6 Å². The highest BCUT2D eigenvalue weighted by molar-refractivity contribution is 5.88. The number of fused-ring (bicyclic) bond motifs is 1. The Kier molecular flexibility index (Phi) is 4.16. The molecule has 0 saturated heterocycles. The van der Waals surface area contributed by atoms with Crippen molar-refractivity contribution in [3.8, 4) is 0 Å². The average molecular weight is 326 g/mol. The minimum atomic E-state index is -0.497. The van der Waals surface area contributed by atoms with Crippen LogP contribution in [0.4, 0.5) is 4.79 Å². The molecule has 1 atom stereocenters. The Morgan fingerprint density at radius 2 is 2.04 bits per heavy atom. The van der Waals surface area contributed by atoms with E-state index >= 15 is 0 Å². The number of benzene rings is 1. The molecular weight excluding hydrogens is 300 g/mol. The molecule has 0 saturated carbocycles. The summed E-state index contributed by atoms with van der Waals surface area (Å²) in [6, 6.07) is 8.42. The van der Waals surface area contributed by atoms with Crippen LogP contribution in [0, 0.1) is 12.8 Å². The third kappa shape index (κ3) is 3.48. The molecule has 0 aliphatic carbocycles. The number of hydrogen-bond donors (Lipinski definition) is 1. The second-order valence-electron chi connectivity index (χ2n) is 7.78. The van der Waals surface area contributed by atoms with Gasteiger partial charge in [-0.2, -0.15) is 0 Å². The molecule has 1 N–H and O–H groups in total. The van der Waals surface area contributed by atoms with Crippen LogP contribution in [0.5, 0.6) is 0 Å². The van der Waals surface area contributed by atoms with E-state index in [4.69, 9.17) is 4.74 Å². The van der Waals surface area contributed by atoms with Gasteiger partial charge in [0.05, 0.1) is 5.70 Å². The highest BCUT2D eigenvalue weighted by atomic mass is 16.6. The van der Waals surface area contributed by atoms with Gasteiger partial charge < -0.3 is 9.72 Å². The quantitative estimate of drug-likeness (QED) is 0.793. The number of hydrogen-bond acceptors (Lipinski definition) is 2. The maximum Gasteiger partial charge on any atom is 0.414 e. The van der Waals surface area contributed by atoms with Crippen LogP contribution in [0.1, 0.15) is 45.4 Å². The predicted molar refractivity (Wildman–Crippen MR) is 97.7 cm³/mol. The largest absolute Gasteiger partial charge is 0.443 e. The zero-order valence-corrected chi connectivity index (χ0v) is 15.1. The maximum atomic E-state index is 12.7. The molecule has 1 amide bonds. The number of carbonyl (C=O) groups is 1.